The van der Waals surface area contributed by atoms with E-state index in [4.69, 9.17) is 0 Å². The molecule has 0 aliphatic rings. The quantitative estimate of drug-likeness (QED) is 0.863. The predicted octanol–water partition coefficient (Wildman–Crippen LogP) is 2.36. The Morgan fingerprint density at radius 2 is 2.10 bits per heavy atom. The van der Waals surface area contributed by atoms with Crippen LogP contribution in [0.2, 0.25) is 0 Å². The van der Waals surface area contributed by atoms with Crippen LogP contribution in [-0.4, -0.2) is 20.4 Å². The molecule has 2 N–H and O–H groups in total. The van der Waals surface area contributed by atoms with E-state index in [0.29, 0.717) is 16.7 Å². The highest BCUT2D eigenvalue weighted by molar-refractivity contribution is 9.10. The topological polar surface area (TPSA) is 71.1 Å². The number of hydrogen-bond acceptors (Lipinski definition) is 4. The molecule has 2 rings (SSSR count). The Balaban J connectivity index is 2.30. The second-order valence-electron chi connectivity index (χ2n) is 4.14. The largest absolute Gasteiger partial charge is 0.316 e. The van der Waals surface area contributed by atoms with E-state index in [1.807, 2.05) is 7.05 Å². The summed E-state index contributed by atoms with van der Waals surface area (Å²) in [5.74, 6) is 0. The van der Waals surface area contributed by atoms with Crippen molar-refractivity contribution >= 4 is 31.6 Å². The number of anilines is 1. The Bertz CT molecular complexity index is 690. The normalized spacial score (nSPS) is 11.3. The lowest BCUT2D eigenvalue weighted by molar-refractivity contribution is 0.600. The number of aromatic nitrogens is 1. The molecular weight excluding hydrogens is 342 g/mol. The fourth-order valence-electron chi connectivity index (χ4n) is 1.71. The second kappa shape index (κ2) is 6.34. The van der Waals surface area contributed by atoms with Gasteiger partial charge in [0.15, 0.2) is 0 Å². The number of nitrogens with one attached hydrogen (secondary N) is 2. The maximum Gasteiger partial charge on any atom is 0.263 e. The first kappa shape index (κ1) is 15.0. The standard InChI is InChI=1S/C13H14BrN3O2S/c1-15-8-10-4-5-13(12(14)7-10)20(18,19)17-11-3-2-6-16-9-11/h2-7,9,15,17H,8H2,1H3. The van der Waals surface area contributed by atoms with E-state index < -0.39 is 10.0 Å². The van der Waals surface area contributed by atoms with Crippen LogP contribution in [0.3, 0.4) is 0 Å². The molecule has 0 amide bonds. The third kappa shape index (κ3) is 3.56. The molecular formula is C13H14BrN3O2S. The van der Waals surface area contributed by atoms with Gasteiger partial charge in [-0.25, -0.2) is 8.42 Å². The van der Waals surface area contributed by atoms with Crippen molar-refractivity contribution in [3.05, 3.63) is 52.8 Å². The molecule has 7 heteroatoms. The van der Waals surface area contributed by atoms with E-state index in [-0.39, 0.29) is 4.90 Å². The van der Waals surface area contributed by atoms with Crippen LogP contribution in [0.15, 0.2) is 52.1 Å². The highest BCUT2D eigenvalue weighted by atomic mass is 79.9. The van der Waals surface area contributed by atoms with Gasteiger partial charge in [0.25, 0.3) is 10.0 Å². The van der Waals surface area contributed by atoms with Crippen LogP contribution >= 0.6 is 15.9 Å². The molecule has 1 aromatic carbocycles. The summed E-state index contributed by atoms with van der Waals surface area (Å²) in [6.07, 6.45) is 3.04. The van der Waals surface area contributed by atoms with Crippen molar-refractivity contribution in [3.8, 4) is 0 Å². The molecule has 1 aromatic heterocycles. The molecule has 0 fully saturated rings. The number of halogens is 1. The van der Waals surface area contributed by atoms with Crippen molar-refractivity contribution < 1.29 is 8.42 Å². The molecule has 0 radical (unpaired) electrons. The number of hydrogen-bond donors (Lipinski definition) is 2. The molecule has 0 saturated carbocycles. The third-order valence-electron chi connectivity index (χ3n) is 2.58. The van der Waals surface area contributed by atoms with Crippen LogP contribution in [0.25, 0.3) is 0 Å². The van der Waals surface area contributed by atoms with Crippen LogP contribution in [-0.2, 0) is 16.6 Å². The molecule has 0 spiro atoms. The number of pyridine rings is 1. The van der Waals surface area contributed by atoms with Crippen molar-refractivity contribution in [2.45, 2.75) is 11.4 Å². The van der Waals surface area contributed by atoms with E-state index in [1.54, 1.807) is 36.5 Å². The first-order valence-corrected chi connectivity index (χ1v) is 8.16. The summed E-state index contributed by atoms with van der Waals surface area (Å²) in [5, 5.41) is 3.02. The van der Waals surface area contributed by atoms with E-state index >= 15 is 0 Å². The summed E-state index contributed by atoms with van der Waals surface area (Å²) in [5.41, 5.74) is 1.43. The van der Waals surface area contributed by atoms with Crippen LogP contribution in [0.5, 0.6) is 0 Å². The minimum absolute atomic E-state index is 0.196. The van der Waals surface area contributed by atoms with Crippen LogP contribution in [0.4, 0.5) is 5.69 Å². The fraction of sp³-hybridized carbons (Fsp3) is 0.154. The van der Waals surface area contributed by atoms with Gasteiger partial charge in [0.05, 0.1) is 11.9 Å². The zero-order chi connectivity index (χ0) is 14.6. The second-order valence-corrected chi connectivity index (χ2v) is 6.65. The maximum absolute atomic E-state index is 12.3. The predicted molar refractivity (Wildman–Crippen MR) is 82.0 cm³/mol. The van der Waals surface area contributed by atoms with Crippen molar-refractivity contribution in [2.24, 2.45) is 0 Å². The van der Waals surface area contributed by atoms with Crippen LogP contribution < -0.4 is 10.0 Å². The number of rotatable bonds is 5. The fourth-order valence-corrected chi connectivity index (χ4v) is 3.88. The van der Waals surface area contributed by atoms with Gasteiger partial charge in [0.2, 0.25) is 0 Å². The van der Waals surface area contributed by atoms with Gasteiger partial charge in [-0.15, -0.1) is 0 Å². The molecule has 0 saturated heterocycles. The van der Waals surface area contributed by atoms with E-state index in [1.165, 1.54) is 6.20 Å². The Morgan fingerprint density at radius 1 is 1.30 bits per heavy atom. The van der Waals surface area contributed by atoms with Gasteiger partial charge in [-0.05, 0) is 52.8 Å². The van der Waals surface area contributed by atoms with Crippen LogP contribution in [0.1, 0.15) is 5.56 Å². The highest BCUT2D eigenvalue weighted by Crippen LogP contribution is 2.25. The van der Waals surface area contributed by atoms with Crippen molar-refractivity contribution in [3.63, 3.8) is 0 Å². The summed E-state index contributed by atoms with van der Waals surface area (Å²) in [6.45, 7) is 0.676. The number of nitrogens with zero attached hydrogens (tertiary/aromatic N) is 1. The highest BCUT2D eigenvalue weighted by Gasteiger charge is 2.18. The van der Waals surface area contributed by atoms with Crippen molar-refractivity contribution in [2.75, 3.05) is 11.8 Å². The first-order valence-electron chi connectivity index (χ1n) is 5.89. The monoisotopic (exact) mass is 355 g/mol. The molecule has 20 heavy (non-hydrogen) atoms. The third-order valence-corrected chi connectivity index (χ3v) is 4.94. The maximum atomic E-state index is 12.3. The Hall–Kier alpha value is -1.44. The van der Waals surface area contributed by atoms with Gasteiger partial charge in [-0.1, -0.05) is 6.07 Å². The SMILES string of the molecule is CNCc1ccc(S(=O)(=O)Nc2cccnc2)c(Br)c1. The van der Waals surface area contributed by atoms with E-state index in [2.05, 4.69) is 31.0 Å². The molecule has 0 aliphatic carbocycles. The van der Waals surface area contributed by atoms with Gasteiger partial charge in [-0.2, -0.15) is 0 Å². The molecule has 0 aliphatic heterocycles. The molecule has 106 valence electrons. The Morgan fingerprint density at radius 3 is 2.70 bits per heavy atom. The smallest absolute Gasteiger partial charge is 0.263 e. The average Bonchev–Trinajstić information content (AvgIpc) is 2.39. The summed E-state index contributed by atoms with van der Waals surface area (Å²) in [7, 11) is -1.80. The lowest BCUT2D eigenvalue weighted by atomic mass is 10.2. The number of benzene rings is 1. The van der Waals surface area contributed by atoms with Gasteiger partial charge in [-0.3, -0.25) is 9.71 Å². The molecule has 5 nitrogen and oxygen atoms in total. The average molecular weight is 356 g/mol. The minimum Gasteiger partial charge on any atom is -0.316 e. The van der Waals surface area contributed by atoms with Gasteiger partial charge in [0.1, 0.15) is 4.90 Å². The zero-order valence-corrected chi connectivity index (χ0v) is 13.2. The molecule has 0 atom stereocenters. The lowest BCUT2D eigenvalue weighted by Gasteiger charge is -2.10. The van der Waals surface area contributed by atoms with Gasteiger partial charge < -0.3 is 5.32 Å². The minimum atomic E-state index is -3.63. The molecule has 2 aromatic rings. The van der Waals surface area contributed by atoms with Crippen molar-refractivity contribution in [1.29, 1.82) is 0 Å². The summed E-state index contributed by atoms with van der Waals surface area (Å²) in [4.78, 5) is 4.07. The van der Waals surface area contributed by atoms with Crippen molar-refractivity contribution in [1.82, 2.24) is 10.3 Å². The zero-order valence-electron chi connectivity index (χ0n) is 10.8. The summed E-state index contributed by atoms with van der Waals surface area (Å²) >= 11 is 3.30. The summed E-state index contributed by atoms with van der Waals surface area (Å²) in [6, 6.07) is 8.46. The molecule has 0 bridgehead atoms. The molecule has 0 unspecified atom stereocenters. The van der Waals surface area contributed by atoms with Gasteiger partial charge >= 0.3 is 0 Å². The molecule has 1 heterocycles. The lowest BCUT2D eigenvalue weighted by Crippen LogP contribution is -2.14. The van der Waals surface area contributed by atoms with Gasteiger partial charge in [0, 0.05) is 17.2 Å². The number of sulfonamides is 1. The van der Waals surface area contributed by atoms with Crippen LogP contribution in [0, 0.1) is 0 Å². The van der Waals surface area contributed by atoms with E-state index in [0.717, 1.165) is 5.56 Å². The Labute approximate surface area is 126 Å². The van der Waals surface area contributed by atoms with E-state index in [9.17, 15) is 8.42 Å². The first-order chi connectivity index (χ1) is 9.53. The Kier molecular flexibility index (Phi) is 4.74. The summed E-state index contributed by atoms with van der Waals surface area (Å²) < 4.78 is 27.6.